The van der Waals surface area contributed by atoms with Crippen LogP contribution in [0, 0.1) is 6.07 Å². The summed E-state index contributed by atoms with van der Waals surface area (Å²) in [6, 6.07) is 37.0. The molecular weight excluding hydrogens is 627 g/mol. The van der Waals surface area contributed by atoms with Gasteiger partial charge in [-0.05, 0) is 41.8 Å². The van der Waals surface area contributed by atoms with Crippen molar-refractivity contribution < 1.29 is 30.6 Å². The van der Waals surface area contributed by atoms with Crippen molar-refractivity contribution in [2.24, 2.45) is 0 Å². The summed E-state index contributed by atoms with van der Waals surface area (Å²) in [4.78, 5) is 9.21. The van der Waals surface area contributed by atoms with E-state index in [9.17, 15) is 5.11 Å². The molecule has 36 heavy (non-hydrogen) atoms. The van der Waals surface area contributed by atoms with E-state index in [2.05, 4.69) is 23.2 Å². The summed E-state index contributed by atoms with van der Waals surface area (Å²) in [5, 5.41) is 10.8. The molecule has 0 amide bonds. The first-order chi connectivity index (χ1) is 17.2. The Morgan fingerprint density at radius 2 is 1.53 bits per heavy atom. The molecule has 0 atom stereocenters. The van der Waals surface area contributed by atoms with Crippen molar-refractivity contribution in [2.45, 2.75) is 6.42 Å². The number of phenols is 1. The molecule has 6 rings (SSSR count). The van der Waals surface area contributed by atoms with Gasteiger partial charge in [0.25, 0.3) is 0 Å². The second-order valence-corrected chi connectivity index (χ2v) is 8.38. The second kappa shape index (κ2) is 10.3. The maximum absolute atomic E-state index is 10.8. The van der Waals surface area contributed by atoms with Crippen molar-refractivity contribution in [3.8, 4) is 39.6 Å². The maximum atomic E-state index is 10.8. The number of rotatable bonds is 5. The van der Waals surface area contributed by atoms with Crippen LogP contribution in [-0.2, 0) is 27.5 Å². The summed E-state index contributed by atoms with van der Waals surface area (Å²) in [5.74, 6) is 0.535. The van der Waals surface area contributed by atoms with Crippen LogP contribution in [0.5, 0.6) is 5.75 Å². The Labute approximate surface area is 223 Å². The standard InChI is InChI=1S/C31H21N2O2.Pt/c34-28-19-22(18-21-8-2-1-3-9-21)15-16-26(28)31-33-30-25(12-7-14-29(30)35-31)23-10-6-11-24(20-23)27-13-4-5-17-32-27;/h1-17,19,34H,18H2;/q-1;. The van der Waals surface area contributed by atoms with Crippen LogP contribution in [0.3, 0.4) is 0 Å². The Morgan fingerprint density at radius 3 is 2.33 bits per heavy atom. The summed E-state index contributed by atoms with van der Waals surface area (Å²) in [6.07, 6.45) is 2.52. The molecule has 1 N–H and O–H groups in total. The number of oxazole rings is 1. The predicted molar refractivity (Wildman–Crippen MR) is 138 cm³/mol. The van der Waals surface area contributed by atoms with Crippen molar-refractivity contribution >= 4 is 11.1 Å². The predicted octanol–water partition coefficient (Wildman–Crippen LogP) is 7.32. The molecule has 0 aliphatic carbocycles. The molecule has 0 saturated carbocycles. The van der Waals surface area contributed by atoms with Gasteiger partial charge < -0.3 is 9.52 Å². The Kier molecular flexibility index (Phi) is 6.79. The average Bonchev–Trinajstić information content (AvgIpc) is 3.34. The van der Waals surface area contributed by atoms with Crippen molar-refractivity contribution in [3.05, 3.63) is 127 Å². The molecular formula is C31H21N2O2Pt-. The van der Waals surface area contributed by atoms with Crippen LogP contribution in [0.1, 0.15) is 11.1 Å². The molecule has 0 radical (unpaired) electrons. The van der Waals surface area contributed by atoms with Crippen LogP contribution in [0.2, 0.25) is 0 Å². The van der Waals surface area contributed by atoms with Gasteiger partial charge in [0.05, 0.1) is 11.1 Å². The fraction of sp³-hybridized carbons (Fsp3) is 0.0323. The number of hydrogen-bond acceptors (Lipinski definition) is 4. The van der Waals surface area contributed by atoms with Crippen molar-refractivity contribution in [3.63, 3.8) is 0 Å². The second-order valence-electron chi connectivity index (χ2n) is 8.38. The smallest absolute Gasteiger partial charge is 0.230 e. The number of pyridine rings is 1. The first kappa shape index (κ1) is 23.7. The summed E-state index contributed by atoms with van der Waals surface area (Å²) >= 11 is 0. The fourth-order valence-corrected chi connectivity index (χ4v) is 4.28. The molecule has 0 spiro atoms. The third-order valence-corrected chi connectivity index (χ3v) is 5.99. The van der Waals surface area contributed by atoms with E-state index in [0.29, 0.717) is 17.0 Å². The number of aromatic hydroxyl groups is 1. The first-order valence-corrected chi connectivity index (χ1v) is 11.4. The minimum atomic E-state index is 0. The van der Waals surface area contributed by atoms with E-state index in [-0.39, 0.29) is 26.8 Å². The normalized spacial score (nSPS) is 10.8. The molecule has 4 aromatic carbocycles. The summed E-state index contributed by atoms with van der Waals surface area (Å²) < 4.78 is 6.07. The van der Waals surface area contributed by atoms with E-state index in [1.807, 2.05) is 84.9 Å². The topological polar surface area (TPSA) is 59.2 Å². The number of fused-ring (bicyclic) bond motifs is 1. The van der Waals surface area contributed by atoms with E-state index in [4.69, 9.17) is 9.40 Å². The van der Waals surface area contributed by atoms with Crippen LogP contribution in [-0.4, -0.2) is 15.1 Å². The maximum Gasteiger partial charge on any atom is 0.230 e. The van der Waals surface area contributed by atoms with Crippen LogP contribution >= 0.6 is 0 Å². The van der Waals surface area contributed by atoms with Gasteiger partial charge in [-0.2, -0.15) is 0 Å². The third-order valence-electron chi connectivity index (χ3n) is 5.99. The van der Waals surface area contributed by atoms with Gasteiger partial charge in [-0.15, -0.1) is 29.8 Å². The molecule has 0 unspecified atom stereocenters. The number of aromatic nitrogens is 2. The average molecular weight is 649 g/mol. The van der Waals surface area contributed by atoms with Gasteiger partial charge in [0.1, 0.15) is 11.3 Å². The fourth-order valence-electron chi connectivity index (χ4n) is 4.28. The largest absolute Gasteiger partial charge is 0.507 e. The van der Waals surface area contributed by atoms with Crippen LogP contribution in [0.25, 0.3) is 44.9 Å². The Bertz CT molecular complexity index is 1630. The number of hydrogen-bond donors (Lipinski definition) is 1. The molecule has 4 nitrogen and oxygen atoms in total. The molecule has 6 aromatic rings. The third kappa shape index (κ3) is 4.73. The molecule has 0 aliphatic heterocycles. The number of nitrogens with zero attached hydrogens (tertiary/aromatic N) is 2. The van der Waals surface area contributed by atoms with Crippen LogP contribution < -0.4 is 0 Å². The summed E-state index contributed by atoms with van der Waals surface area (Å²) in [6.45, 7) is 0. The van der Waals surface area contributed by atoms with Gasteiger partial charge in [0, 0.05) is 33.0 Å². The van der Waals surface area contributed by atoms with E-state index >= 15 is 0 Å². The molecule has 0 bridgehead atoms. The zero-order valence-corrected chi connectivity index (χ0v) is 21.4. The van der Waals surface area contributed by atoms with E-state index in [1.54, 1.807) is 12.3 Å². The molecule has 0 saturated heterocycles. The first-order valence-electron chi connectivity index (χ1n) is 11.4. The monoisotopic (exact) mass is 648 g/mol. The summed E-state index contributed by atoms with van der Waals surface area (Å²) in [7, 11) is 0. The van der Waals surface area contributed by atoms with Gasteiger partial charge >= 0.3 is 0 Å². The Balaban J connectivity index is 0.00000267. The zero-order valence-electron chi connectivity index (χ0n) is 19.2. The van der Waals surface area contributed by atoms with Crippen LogP contribution in [0.15, 0.2) is 114 Å². The van der Waals surface area contributed by atoms with E-state index < -0.39 is 0 Å². The Hall–Kier alpha value is -4.01. The number of phenolic OH excluding ortho intramolecular Hbond substituents is 1. The van der Waals surface area contributed by atoms with E-state index in [0.717, 1.165) is 39.9 Å². The molecule has 0 fully saturated rings. The van der Waals surface area contributed by atoms with Gasteiger partial charge in [0.15, 0.2) is 0 Å². The van der Waals surface area contributed by atoms with Crippen molar-refractivity contribution in [1.29, 1.82) is 0 Å². The molecule has 2 aromatic heterocycles. The van der Waals surface area contributed by atoms with Gasteiger partial charge in [-0.25, -0.2) is 4.98 Å². The molecule has 5 heteroatoms. The zero-order chi connectivity index (χ0) is 23.6. The SMILES string of the molecule is Oc1cc(Cc2ccccc2)ccc1-c1nc2c(-c3[c-]c(-c4ccccn4)ccc3)cccc2o1.[Pt]. The minimum absolute atomic E-state index is 0. The van der Waals surface area contributed by atoms with Crippen molar-refractivity contribution in [1.82, 2.24) is 9.97 Å². The molecule has 2 heterocycles. The summed E-state index contributed by atoms with van der Waals surface area (Å²) in [5.41, 5.74) is 7.75. The molecule has 0 aliphatic rings. The molecule has 178 valence electrons. The van der Waals surface area contributed by atoms with E-state index in [1.165, 1.54) is 5.56 Å². The minimum Gasteiger partial charge on any atom is -0.507 e. The van der Waals surface area contributed by atoms with Gasteiger partial charge in [-0.1, -0.05) is 71.8 Å². The number of benzene rings is 4. The van der Waals surface area contributed by atoms with Gasteiger partial charge in [0.2, 0.25) is 5.89 Å². The number of para-hydroxylation sites is 1. The van der Waals surface area contributed by atoms with Crippen LogP contribution in [0.4, 0.5) is 0 Å². The van der Waals surface area contributed by atoms with Gasteiger partial charge in [-0.3, -0.25) is 4.98 Å². The van der Waals surface area contributed by atoms with Crippen molar-refractivity contribution in [2.75, 3.05) is 0 Å². The Morgan fingerprint density at radius 1 is 0.722 bits per heavy atom. The quantitative estimate of drug-likeness (QED) is 0.199.